The van der Waals surface area contributed by atoms with Crippen LogP contribution in [0, 0.1) is 0 Å². The molecule has 0 aromatic rings. The molecule has 0 atom stereocenters. The van der Waals surface area contributed by atoms with Crippen molar-refractivity contribution in [1.29, 1.82) is 0 Å². The number of ether oxygens (including phenoxy) is 1. The molecule has 0 N–H and O–H groups in total. The molecule has 0 aromatic carbocycles. The Bertz CT molecular complexity index is 222. The van der Waals surface area contributed by atoms with E-state index in [-0.39, 0.29) is 11.9 Å². The predicted molar refractivity (Wildman–Crippen MR) is 42.5 cm³/mol. The Balaban J connectivity index is 2.49. The highest BCUT2D eigenvalue weighted by Crippen LogP contribution is 2.04. The molecule has 66 valence electrons. The molecule has 1 amide bonds. The van der Waals surface area contributed by atoms with E-state index < -0.39 is 0 Å². The fraction of sp³-hybridized carbons (Fsp3) is 0.500. The smallest absolute Gasteiger partial charge is 0.413 e. The molecule has 1 heterocycles. The van der Waals surface area contributed by atoms with Crippen LogP contribution in [0.3, 0.4) is 0 Å². The van der Waals surface area contributed by atoms with Crippen LogP contribution in [0.15, 0.2) is 12.3 Å². The molecular weight excluding hydrogens is 158 g/mol. The predicted octanol–water partition coefficient (Wildman–Crippen LogP) is 0.931. The largest absolute Gasteiger partial charge is 0.449 e. The van der Waals surface area contributed by atoms with Crippen molar-refractivity contribution in [2.24, 2.45) is 0 Å². The lowest BCUT2D eigenvalue weighted by Crippen LogP contribution is -2.31. The molecule has 1 aliphatic rings. The second-order valence-electron chi connectivity index (χ2n) is 2.42. The Morgan fingerprint density at radius 1 is 1.75 bits per heavy atom. The monoisotopic (exact) mass is 169 g/mol. The highest BCUT2D eigenvalue weighted by atomic mass is 16.6. The zero-order valence-corrected chi connectivity index (χ0v) is 6.95. The molecule has 0 bridgehead atoms. The average Bonchev–Trinajstić information content (AvgIpc) is 2.06. The van der Waals surface area contributed by atoms with E-state index in [9.17, 15) is 9.59 Å². The normalized spacial score (nSPS) is 16.4. The lowest BCUT2D eigenvalue weighted by Gasteiger charge is -2.19. The Kier molecular flexibility index (Phi) is 2.85. The molecular formula is C8H11NO3. The van der Waals surface area contributed by atoms with Crippen LogP contribution in [0.5, 0.6) is 0 Å². The number of carbonyl (C=O) groups excluding carboxylic acids is 2. The molecule has 0 saturated heterocycles. The van der Waals surface area contributed by atoms with Gasteiger partial charge in [0, 0.05) is 19.2 Å². The first-order valence-corrected chi connectivity index (χ1v) is 3.88. The number of hydrogen-bond donors (Lipinski definition) is 0. The van der Waals surface area contributed by atoms with Crippen molar-refractivity contribution in [2.75, 3.05) is 13.2 Å². The Labute approximate surface area is 70.8 Å². The third-order valence-electron chi connectivity index (χ3n) is 1.54. The zero-order valence-electron chi connectivity index (χ0n) is 6.95. The van der Waals surface area contributed by atoms with Crippen LogP contribution in [-0.2, 0) is 9.53 Å². The Morgan fingerprint density at radius 2 is 2.50 bits per heavy atom. The summed E-state index contributed by atoms with van der Waals surface area (Å²) in [6.07, 6.45) is 2.85. The van der Waals surface area contributed by atoms with Gasteiger partial charge in [0.25, 0.3) is 0 Å². The maximum atomic E-state index is 11.0. The van der Waals surface area contributed by atoms with E-state index in [1.54, 1.807) is 6.92 Å². The van der Waals surface area contributed by atoms with Crippen molar-refractivity contribution in [3.63, 3.8) is 0 Å². The van der Waals surface area contributed by atoms with Gasteiger partial charge in [0.15, 0.2) is 5.78 Å². The SMILES string of the molecule is CCOC(=O)N1C=CC(=O)CC1. The maximum Gasteiger partial charge on any atom is 0.413 e. The highest BCUT2D eigenvalue weighted by molar-refractivity contribution is 5.91. The van der Waals surface area contributed by atoms with Crippen molar-refractivity contribution >= 4 is 11.9 Å². The van der Waals surface area contributed by atoms with Gasteiger partial charge in [0.1, 0.15) is 0 Å². The third kappa shape index (κ3) is 2.08. The number of hydrogen-bond acceptors (Lipinski definition) is 3. The molecule has 0 saturated carbocycles. The summed E-state index contributed by atoms with van der Waals surface area (Å²) in [7, 11) is 0. The summed E-state index contributed by atoms with van der Waals surface area (Å²) in [4.78, 5) is 23.2. The van der Waals surface area contributed by atoms with Crippen molar-refractivity contribution in [1.82, 2.24) is 4.90 Å². The number of allylic oxidation sites excluding steroid dienone is 1. The first-order valence-electron chi connectivity index (χ1n) is 3.88. The first-order chi connectivity index (χ1) is 5.74. The summed E-state index contributed by atoms with van der Waals surface area (Å²) < 4.78 is 4.74. The molecule has 4 heteroatoms. The van der Waals surface area contributed by atoms with Crippen molar-refractivity contribution in [3.05, 3.63) is 12.3 Å². The van der Waals surface area contributed by atoms with Crippen LogP contribution >= 0.6 is 0 Å². The van der Waals surface area contributed by atoms with Crippen molar-refractivity contribution in [3.8, 4) is 0 Å². The maximum absolute atomic E-state index is 11.0. The fourth-order valence-corrected chi connectivity index (χ4v) is 0.920. The molecule has 0 aliphatic carbocycles. The van der Waals surface area contributed by atoms with Crippen LogP contribution in [0.1, 0.15) is 13.3 Å². The van der Waals surface area contributed by atoms with E-state index >= 15 is 0 Å². The van der Waals surface area contributed by atoms with Crippen LogP contribution in [0.4, 0.5) is 4.79 Å². The van der Waals surface area contributed by atoms with E-state index in [2.05, 4.69) is 0 Å². The van der Waals surface area contributed by atoms with Gasteiger partial charge in [-0.1, -0.05) is 0 Å². The third-order valence-corrected chi connectivity index (χ3v) is 1.54. The number of ketones is 1. The Morgan fingerprint density at radius 3 is 3.00 bits per heavy atom. The van der Waals surface area contributed by atoms with E-state index in [0.717, 1.165) is 0 Å². The Hall–Kier alpha value is -1.32. The standard InChI is InChI=1S/C8H11NO3/c1-2-12-8(11)9-5-3-7(10)4-6-9/h3,5H,2,4,6H2,1H3. The molecule has 0 fully saturated rings. The van der Waals surface area contributed by atoms with Gasteiger partial charge in [-0.3, -0.25) is 9.69 Å². The van der Waals surface area contributed by atoms with Gasteiger partial charge in [0.05, 0.1) is 6.61 Å². The molecule has 1 rings (SSSR count). The summed E-state index contributed by atoms with van der Waals surface area (Å²) in [5.41, 5.74) is 0. The summed E-state index contributed by atoms with van der Waals surface area (Å²) in [5, 5.41) is 0. The molecule has 0 radical (unpaired) electrons. The van der Waals surface area contributed by atoms with Gasteiger partial charge in [0.2, 0.25) is 0 Å². The average molecular weight is 169 g/mol. The van der Waals surface area contributed by atoms with Crippen LogP contribution < -0.4 is 0 Å². The van der Waals surface area contributed by atoms with Crippen molar-refractivity contribution in [2.45, 2.75) is 13.3 Å². The van der Waals surface area contributed by atoms with Gasteiger partial charge in [-0.05, 0) is 13.0 Å². The van der Waals surface area contributed by atoms with Gasteiger partial charge in [-0.15, -0.1) is 0 Å². The zero-order chi connectivity index (χ0) is 8.97. The van der Waals surface area contributed by atoms with Gasteiger partial charge < -0.3 is 4.74 Å². The second-order valence-corrected chi connectivity index (χ2v) is 2.42. The molecule has 0 unspecified atom stereocenters. The van der Waals surface area contributed by atoms with Crippen molar-refractivity contribution < 1.29 is 14.3 Å². The molecule has 1 aliphatic heterocycles. The van der Waals surface area contributed by atoms with E-state index in [1.165, 1.54) is 17.2 Å². The summed E-state index contributed by atoms with van der Waals surface area (Å²) >= 11 is 0. The van der Waals surface area contributed by atoms with Crippen LogP contribution in [-0.4, -0.2) is 29.9 Å². The van der Waals surface area contributed by atoms with Crippen LogP contribution in [0.2, 0.25) is 0 Å². The summed E-state index contributed by atoms with van der Waals surface area (Å²) in [5.74, 6) is 0.0514. The molecule has 0 aromatic heterocycles. The topological polar surface area (TPSA) is 46.6 Å². The van der Waals surface area contributed by atoms with Gasteiger partial charge >= 0.3 is 6.09 Å². The van der Waals surface area contributed by atoms with E-state index in [1.807, 2.05) is 0 Å². The second kappa shape index (κ2) is 3.90. The summed E-state index contributed by atoms with van der Waals surface area (Å²) in [6.45, 7) is 2.53. The quantitative estimate of drug-likeness (QED) is 0.586. The number of rotatable bonds is 1. The molecule has 4 nitrogen and oxygen atoms in total. The van der Waals surface area contributed by atoms with Crippen LogP contribution in [0.25, 0.3) is 0 Å². The summed E-state index contributed by atoms with van der Waals surface area (Å²) in [6, 6.07) is 0. The minimum Gasteiger partial charge on any atom is -0.449 e. The number of amides is 1. The fourth-order valence-electron chi connectivity index (χ4n) is 0.920. The van der Waals surface area contributed by atoms with Gasteiger partial charge in [-0.2, -0.15) is 0 Å². The molecule has 0 spiro atoms. The minimum atomic E-state index is -0.388. The lowest BCUT2D eigenvalue weighted by molar-refractivity contribution is -0.115. The highest BCUT2D eigenvalue weighted by Gasteiger charge is 2.16. The first kappa shape index (κ1) is 8.77. The molecule has 12 heavy (non-hydrogen) atoms. The lowest BCUT2D eigenvalue weighted by atomic mass is 10.2. The minimum absolute atomic E-state index is 0.0514. The van der Waals surface area contributed by atoms with E-state index in [0.29, 0.717) is 19.6 Å². The van der Waals surface area contributed by atoms with E-state index in [4.69, 9.17) is 4.74 Å². The van der Waals surface area contributed by atoms with Gasteiger partial charge in [-0.25, -0.2) is 4.79 Å². The number of nitrogens with zero attached hydrogens (tertiary/aromatic N) is 1. The number of carbonyl (C=O) groups is 2.